The molecule has 0 spiro atoms. The molecule has 2 aromatic carbocycles. The summed E-state index contributed by atoms with van der Waals surface area (Å²) in [4.78, 5) is 54.5. The van der Waals surface area contributed by atoms with Crippen LogP contribution in [-0.4, -0.2) is 77.0 Å². The molecule has 3 atom stereocenters. The molecule has 0 radical (unpaired) electrons. The summed E-state index contributed by atoms with van der Waals surface area (Å²) in [7, 11) is 1.13. The van der Waals surface area contributed by atoms with Gasteiger partial charge in [-0.1, -0.05) is 38.1 Å². The summed E-state index contributed by atoms with van der Waals surface area (Å²) in [6, 6.07) is 13.4. The fraction of sp³-hybridized carbons (Fsp3) is 0.333. The van der Waals surface area contributed by atoms with Crippen LogP contribution in [0.15, 0.2) is 66.9 Å². The van der Waals surface area contributed by atoms with E-state index in [2.05, 4.69) is 20.9 Å². The van der Waals surface area contributed by atoms with Crippen molar-refractivity contribution in [2.75, 3.05) is 14.2 Å². The van der Waals surface area contributed by atoms with Crippen LogP contribution in [0.1, 0.15) is 35.5 Å². The van der Waals surface area contributed by atoms with Crippen molar-refractivity contribution in [1.82, 2.24) is 20.9 Å². The largest absolute Gasteiger partial charge is 0.497 e. The van der Waals surface area contributed by atoms with Crippen LogP contribution in [0, 0.1) is 16.0 Å². The molecule has 238 valence electrons. The molecule has 0 unspecified atom stereocenters. The minimum atomic E-state index is -1.90. The number of aromatic nitrogens is 1. The lowest BCUT2D eigenvalue weighted by atomic mass is 9.75. The second kappa shape index (κ2) is 16.2. The first-order valence-corrected chi connectivity index (χ1v) is 14.1. The van der Waals surface area contributed by atoms with E-state index in [-0.39, 0.29) is 24.2 Å². The smallest absolute Gasteiger partial charge is 0.475 e. The molecule has 0 saturated carbocycles. The van der Waals surface area contributed by atoms with Crippen LogP contribution >= 0.6 is 0 Å². The molecule has 15 heteroatoms. The lowest BCUT2D eigenvalue weighted by Gasteiger charge is -2.27. The Kier molecular flexibility index (Phi) is 12.4. The van der Waals surface area contributed by atoms with Crippen LogP contribution in [0.25, 0.3) is 0 Å². The molecule has 0 fully saturated rings. The van der Waals surface area contributed by atoms with Gasteiger partial charge in [0.2, 0.25) is 11.8 Å². The minimum Gasteiger partial charge on any atom is -0.497 e. The van der Waals surface area contributed by atoms with E-state index >= 15 is 0 Å². The quantitative estimate of drug-likeness (QED) is 0.0933. The molecule has 0 aliphatic rings. The van der Waals surface area contributed by atoms with Gasteiger partial charge in [0.25, 0.3) is 11.6 Å². The summed E-state index contributed by atoms with van der Waals surface area (Å²) in [5.41, 5.74) is 0.736. The minimum absolute atomic E-state index is 0.00161. The number of pyridine rings is 1. The van der Waals surface area contributed by atoms with Crippen molar-refractivity contribution in [2.45, 2.75) is 44.7 Å². The fourth-order valence-corrected chi connectivity index (χ4v) is 4.40. The van der Waals surface area contributed by atoms with Crippen LogP contribution in [0.3, 0.4) is 0 Å². The Morgan fingerprint density at radius 1 is 0.867 bits per heavy atom. The van der Waals surface area contributed by atoms with Gasteiger partial charge >= 0.3 is 7.12 Å². The third-order valence-corrected chi connectivity index (χ3v) is 6.96. The molecule has 1 heterocycles. The number of hydrogen-bond acceptors (Lipinski definition) is 10. The van der Waals surface area contributed by atoms with E-state index in [1.165, 1.54) is 14.2 Å². The Labute approximate surface area is 260 Å². The Balaban J connectivity index is 1.81. The summed E-state index contributed by atoms with van der Waals surface area (Å²) in [5, 5.41) is 39.0. The van der Waals surface area contributed by atoms with Crippen molar-refractivity contribution in [3.63, 3.8) is 0 Å². The summed E-state index contributed by atoms with van der Waals surface area (Å²) < 4.78 is 10.3. The first kappa shape index (κ1) is 34.5. The normalized spacial score (nSPS) is 12.8. The Morgan fingerprint density at radius 2 is 1.42 bits per heavy atom. The van der Waals surface area contributed by atoms with E-state index in [1.807, 2.05) is 0 Å². The third-order valence-electron chi connectivity index (χ3n) is 6.96. The molecule has 0 bridgehead atoms. The number of benzene rings is 2. The van der Waals surface area contributed by atoms with Gasteiger partial charge in [-0.15, -0.1) is 0 Å². The number of carbonyl (C=O) groups excluding carboxylic acids is 3. The highest BCUT2D eigenvalue weighted by atomic mass is 16.6. The maximum Gasteiger partial charge on any atom is 0.475 e. The van der Waals surface area contributed by atoms with Gasteiger partial charge in [-0.3, -0.25) is 29.5 Å². The van der Waals surface area contributed by atoms with Gasteiger partial charge in [0.15, 0.2) is 0 Å². The number of hydrogen-bond donors (Lipinski definition) is 5. The first-order valence-electron chi connectivity index (χ1n) is 14.1. The van der Waals surface area contributed by atoms with Crippen molar-refractivity contribution in [3.05, 3.63) is 93.8 Å². The summed E-state index contributed by atoms with van der Waals surface area (Å²) in [6.45, 7) is 3.39. The van der Waals surface area contributed by atoms with Crippen molar-refractivity contribution < 1.29 is 38.8 Å². The van der Waals surface area contributed by atoms with Crippen LogP contribution in [0.2, 0.25) is 0 Å². The fourth-order valence-electron chi connectivity index (χ4n) is 4.40. The predicted molar refractivity (Wildman–Crippen MR) is 164 cm³/mol. The van der Waals surface area contributed by atoms with E-state index in [4.69, 9.17) is 9.47 Å². The first-order chi connectivity index (χ1) is 21.4. The van der Waals surface area contributed by atoms with Gasteiger partial charge in [-0.25, -0.2) is 0 Å². The summed E-state index contributed by atoms with van der Waals surface area (Å²) in [6.07, 6.45) is 1.19. The zero-order chi connectivity index (χ0) is 33.1. The number of nitro groups is 1. The van der Waals surface area contributed by atoms with Gasteiger partial charge < -0.3 is 35.5 Å². The predicted octanol–water partition coefficient (Wildman–Crippen LogP) is 1.23. The van der Waals surface area contributed by atoms with Crippen molar-refractivity contribution >= 4 is 30.5 Å². The SMILES string of the molecule is COc1ccc(C[C@H](NC(=O)[C@@H](NC(=O)[C@H](Cc2ccc(OC)cc2)NC(=O)c2cc([N+](=O)[O-])ccn2)C(C)C)B(O)O)cc1. The standard InChI is InChI=1S/C30H36BN5O9/c1-18(2)27(30(39)34-26(31(40)41)16-20-7-11-23(45-4)12-8-20)35-29(38)25(15-19-5-9-22(44-3)10-6-19)33-28(37)24-17-21(36(42)43)13-14-32-24/h5-14,17-18,25-27,40-41H,15-16H2,1-4H3,(H,33,37)(H,34,39)(H,35,38)/t25-,26-,27-/m0/s1. The number of amides is 3. The van der Waals surface area contributed by atoms with E-state index in [9.17, 15) is 34.5 Å². The Hall–Kier alpha value is -5.02. The van der Waals surface area contributed by atoms with Gasteiger partial charge in [-0.2, -0.15) is 0 Å². The van der Waals surface area contributed by atoms with Crippen molar-refractivity contribution in [2.24, 2.45) is 5.92 Å². The number of ether oxygens (including phenoxy) is 2. The lowest BCUT2D eigenvalue weighted by Crippen LogP contribution is -2.59. The molecule has 3 aromatic rings. The van der Waals surface area contributed by atoms with Crippen LogP contribution < -0.4 is 25.4 Å². The van der Waals surface area contributed by atoms with E-state index in [0.717, 1.165) is 18.3 Å². The molecule has 45 heavy (non-hydrogen) atoms. The molecular formula is C30H36BN5O9. The number of nitrogens with zero attached hydrogens (tertiary/aromatic N) is 2. The van der Waals surface area contributed by atoms with Crippen LogP contribution in [0.5, 0.6) is 11.5 Å². The maximum atomic E-state index is 13.6. The van der Waals surface area contributed by atoms with Crippen molar-refractivity contribution in [1.29, 1.82) is 0 Å². The lowest BCUT2D eigenvalue weighted by molar-refractivity contribution is -0.385. The Morgan fingerprint density at radius 3 is 1.91 bits per heavy atom. The summed E-state index contributed by atoms with van der Waals surface area (Å²) in [5.74, 6) is -2.56. The topological polar surface area (TPSA) is 202 Å². The highest BCUT2D eigenvalue weighted by Gasteiger charge is 2.33. The zero-order valence-corrected chi connectivity index (χ0v) is 25.3. The van der Waals surface area contributed by atoms with Crippen LogP contribution in [-0.2, 0) is 22.4 Å². The van der Waals surface area contributed by atoms with E-state index in [1.54, 1.807) is 62.4 Å². The van der Waals surface area contributed by atoms with Gasteiger partial charge in [0.1, 0.15) is 29.3 Å². The molecule has 14 nitrogen and oxygen atoms in total. The molecule has 1 aromatic heterocycles. The second-order valence-corrected chi connectivity index (χ2v) is 10.5. The summed E-state index contributed by atoms with van der Waals surface area (Å²) >= 11 is 0. The average Bonchev–Trinajstić information content (AvgIpc) is 3.03. The van der Waals surface area contributed by atoms with E-state index < -0.39 is 53.7 Å². The highest BCUT2D eigenvalue weighted by Crippen LogP contribution is 2.16. The van der Waals surface area contributed by atoms with Gasteiger partial charge in [0, 0.05) is 24.8 Å². The number of carbonyl (C=O) groups is 3. The molecule has 5 N–H and O–H groups in total. The second-order valence-electron chi connectivity index (χ2n) is 10.5. The monoisotopic (exact) mass is 621 g/mol. The van der Waals surface area contributed by atoms with E-state index in [0.29, 0.717) is 22.6 Å². The highest BCUT2D eigenvalue weighted by molar-refractivity contribution is 6.43. The maximum absolute atomic E-state index is 13.6. The Bertz CT molecular complexity index is 1470. The molecule has 3 rings (SSSR count). The third kappa shape index (κ3) is 10.0. The molecule has 3 amide bonds. The number of rotatable bonds is 15. The molecule has 0 saturated heterocycles. The molecular weight excluding hydrogens is 585 g/mol. The van der Waals surface area contributed by atoms with Crippen molar-refractivity contribution in [3.8, 4) is 11.5 Å². The number of methoxy groups -OCH3 is 2. The average molecular weight is 621 g/mol. The van der Waals surface area contributed by atoms with Crippen LogP contribution in [0.4, 0.5) is 5.69 Å². The molecule has 0 aliphatic heterocycles. The van der Waals surface area contributed by atoms with Gasteiger partial charge in [0.05, 0.1) is 25.1 Å². The number of nitrogens with one attached hydrogen (secondary N) is 3. The molecule has 0 aliphatic carbocycles. The zero-order valence-electron chi connectivity index (χ0n) is 25.3. The van der Waals surface area contributed by atoms with Gasteiger partial charge in [-0.05, 0) is 47.7 Å².